The van der Waals surface area contributed by atoms with Gasteiger partial charge in [0.2, 0.25) is 0 Å². The number of carbonyl (C=O) groups is 1. The maximum absolute atomic E-state index is 12.7. The van der Waals surface area contributed by atoms with E-state index in [2.05, 4.69) is 22.1 Å². The van der Waals surface area contributed by atoms with Crippen molar-refractivity contribution in [3.8, 4) is 0 Å². The summed E-state index contributed by atoms with van der Waals surface area (Å²) in [5.74, 6) is 0.307. The Balaban J connectivity index is 1.52. The molecule has 0 radical (unpaired) electrons. The second kappa shape index (κ2) is 7.25. The Kier molecular flexibility index (Phi) is 4.67. The minimum absolute atomic E-state index is 0.00611. The number of hydrogen-bond donors (Lipinski definition) is 1. The van der Waals surface area contributed by atoms with Crippen LogP contribution in [0.15, 0.2) is 48.9 Å². The normalized spacial score (nSPS) is 15.5. The highest BCUT2D eigenvalue weighted by molar-refractivity contribution is 5.96. The third-order valence-corrected chi connectivity index (χ3v) is 5.06. The van der Waals surface area contributed by atoms with Crippen LogP contribution in [-0.2, 0) is 6.54 Å². The van der Waals surface area contributed by atoms with Gasteiger partial charge >= 0.3 is 0 Å². The summed E-state index contributed by atoms with van der Waals surface area (Å²) in [5.41, 5.74) is 3.27. The molecule has 3 aromatic rings. The number of likely N-dealkylation sites (tertiary alicyclic amines) is 1. The van der Waals surface area contributed by atoms with Crippen LogP contribution in [0.4, 0.5) is 0 Å². The number of aliphatic hydroxyl groups excluding tert-OH is 1. The molecule has 134 valence electrons. The predicted octanol–water partition coefficient (Wildman–Crippen LogP) is 2.32. The molecule has 3 heterocycles. The number of aliphatic hydroxyl groups is 1. The van der Waals surface area contributed by atoms with Gasteiger partial charge in [0, 0.05) is 25.9 Å². The lowest BCUT2D eigenvalue weighted by molar-refractivity contribution is 0.0650. The molecule has 6 nitrogen and oxygen atoms in total. The lowest BCUT2D eigenvalue weighted by Crippen LogP contribution is -2.39. The molecule has 1 aromatic carbocycles. The maximum atomic E-state index is 12.7. The Morgan fingerprint density at radius 1 is 1.15 bits per heavy atom. The van der Waals surface area contributed by atoms with Crippen molar-refractivity contribution in [2.45, 2.75) is 19.4 Å². The van der Waals surface area contributed by atoms with Gasteiger partial charge in [-0.1, -0.05) is 30.3 Å². The fourth-order valence-electron chi connectivity index (χ4n) is 3.46. The highest BCUT2D eigenvalue weighted by Gasteiger charge is 2.23. The number of aromatic nitrogens is 3. The molecule has 1 amide bonds. The average Bonchev–Trinajstić information content (AvgIpc) is 3.10. The van der Waals surface area contributed by atoms with Crippen LogP contribution in [0.5, 0.6) is 0 Å². The molecule has 26 heavy (non-hydrogen) atoms. The number of rotatable bonds is 4. The second-order valence-corrected chi connectivity index (χ2v) is 6.84. The second-order valence-electron chi connectivity index (χ2n) is 6.84. The van der Waals surface area contributed by atoms with Crippen LogP contribution < -0.4 is 0 Å². The van der Waals surface area contributed by atoms with Crippen molar-refractivity contribution >= 4 is 17.1 Å². The van der Waals surface area contributed by atoms with Gasteiger partial charge in [-0.25, -0.2) is 9.97 Å². The van der Waals surface area contributed by atoms with Gasteiger partial charge < -0.3 is 14.6 Å². The molecule has 1 N–H and O–H groups in total. The highest BCUT2D eigenvalue weighted by Crippen LogP contribution is 2.20. The Morgan fingerprint density at radius 2 is 1.92 bits per heavy atom. The van der Waals surface area contributed by atoms with Gasteiger partial charge in [-0.05, 0) is 30.4 Å². The number of hydrogen-bond acceptors (Lipinski definition) is 4. The minimum atomic E-state index is -0.00611. The number of fused-ring (bicyclic) bond motifs is 1. The van der Waals surface area contributed by atoms with Gasteiger partial charge in [-0.2, -0.15) is 0 Å². The highest BCUT2D eigenvalue weighted by atomic mass is 16.3. The van der Waals surface area contributed by atoms with E-state index in [0.717, 1.165) is 24.0 Å². The average molecular weight is 350 g/mol. The number of benzene rings is 1. The molecule has 1 saturated heterocycles. The van der Waals surface area contributed by atoms with Crippen LogP contribution in [0, 0.1) is 5.92 Å². The molecule has 6 heteroatoms. The van der Waals surface area contributed by atoms with Crippen molar-refractivity contribution < 1.29 is 9.90 Å². The summed E-state index contributed by atoms with van der Waals surface area (Å²) in [6.07, 6.45) is 5.12. The quantitative estimate of drug-likeness (QED) is 0.784. The van der Waals surface area contributed by atoms with Crippen molar-refractivity contribution in [3.63, 3.8) is 0 Å². The Labute approximate surface area is 152 Å². The van der Waals surface area contributed by atoms with Gasteiger partial charge in [-0.15, -0.1) is 0 Å². The monoisotopic (exact) mass is 350 g/mol. The molecule has 0 aliphatic carbocycles. The zero-order valence-corrected chi connectivity index (χ0v) is 14.6. The zero-order chi connectivity index (χ0) is 17.9. The SMILES string of the molecule is O=C(c1cnc2c(c1)ncn2Cc1ccccc1)N1CCC(CO)CC1. The van der Waals surface area contributed by atoms with E-state index in [4.69, 9.17) is 0 Å². The molecule has 0 bridgehead atoms. The first-order valence-electron chi connectivity index (χ1n) is 8.99. The summed E-state index contributed by atoms with van der Waals surface area (Å²) >= 11 is 0. The molecule has 0 spiro atoms. The largest absolute Gasteiger partial charge is 0.396 e. The number of nitrogens with zero attached hydrogens (tertiary/aromatic N) is 4. The van der Waals surface area contributed by atoms with E-state index in [9.17, 15) is 9.90 Å². The van der Waals surface area contributed by atoms with Crippen molar-refractivity contribution in [1.82, 2.24) is 19.4 Å². The van der Waals surface area contributed by atoms with E-state index in [1.165, 1.54) is 5.56 Å². The van der Waals surface area contributed by atoms with Crippen LogP contribution >= 0.6 is 0 Å². The van der Waals surface area contributed by atoms with E-state index in [1.54, 1.807) is 12.5 Å². The van der Waals surface area contributed by atoms with E-state index >= 15 is 0 Å². The van der Waals surface area contributed by atoms with Crippen molar-refractivity contribution in [2.24, 2.45) is 5.92 Å². The summed E-state index contributed by atoms with van der Waals surface area (Å²) in [6.45, 7) is 2.27. The third kappa shape index (κ3) is 3.32. The van der Waals surface area contributed by atoms with Gasteiger partial charge in [0.1, 0.15) is 5.52 Å². The number of pyridine rings is 1. The summed E-state index contributed by atoms with van der Waals surface area (Å²) < 4.78 is 1.99. The summed E-state index contributed by atoms with van der Waals surface area (Å²) in [6, 6.07) is 12.0. The molecule has 0 atom stereocenters. The first-order chi connectivity index (χ1) is 12.7. The van der Waals surface area contributed by atoms with E-state index in [-0.39, 0.29) is 12.5 Å². The van der Waals surface area contributed by atoms with Gasteiger partial charge in [0.15, 0.2) is 5.65 Å². The number of imidazole rings is 1. The Hall–Kier alpha value is -2.73. The number of amides is 1. The van der Waals surface area contributed by atoms with Gasteiger partial charge in [0.05, 0.1) is 18.4 Å². The van der Waals surface area contributed by atoms with Gasteiger partial charge in [-0.3, -0.25) is 4.79 Å². The van der Waals surface area contributed by atoms with Crippen LogP contribution in [0.3, 0.4) is 0 Å². The summed E-state index contributed by atoms with van der Waals surface area (Å²) in [5, 5.41) is 9.24. The van der Waals surface area contributed by atoms with E-state index in [1.807, 2.05) is 33.7 Å². The van der Waals surface area contributed by atoms with Crippen molar-refractivity contribution in [1.29, 1.82) is 0 Å². The first kappa shape index (κ1) is 16.7. The van der Waals surface area contributed by atoms with Crippen LogP contribution in [0.2, 0.25) is 0 Å². The molecule has 1 aliphatic heterocycles. The predicted molar refractivity (Wildman–Crippen MR) is 98.8 cm³/mol. The molecule has 0 saturated carbocycles. The molecular formula is C20H22N4O2. The minimum Gasteiger partial charge on any atom is -0.396 e. The van der Waals surface area contributed by atoms with E-state index < -0.39 is 0 Å². The maximum Gasteiger partial charge on any atom is 0.255 e. The standard InChI is InChI=1S/C20H22N4O2/c25-13-16-6-8-23(9-7-16)20(26)17-10-18-19(21-11-17)24(14-22-18)12-15-4-2-1-3-5-15/h1-5,10-11,14,16,25H,6-9,12-13H2. The molecule has 4 rings (SSSR count). The molecule has 0 unspecified atom stereocenters. The Morgan fingerprint density at radius 3 is 2.65 bits per heavy atom. The lowest BCUT2D eigenvalue weighted by atomic mass is 9.97. The lowest BCUT2D eigenvalue weighted by Gasteiger charge is -2.31. The van der Waals surface area contributed by atoms with E-state index in [0.29, 0.717) is 31.1 Å². The summed E-state index contributed by atoms with van der Waals surface area (Å²) in [7, 11) is 0. The fraction of sp³-hybridized carbons (Fsp3) is 0.350. The molecule has 2 aromatic heterocycles. The van der Waals surface area contributed by atoms with Crippen LogP contribution in [0.1, 0.15) is 28.8 Å². The topological polar surface area (TPSA) is 71.2 Å². The first-order valence-corrected chi connectivity index (χ1v) is 8.99. The molecule has 1 aliphatic rings. The van der Waals surface area contributed by atoms with Crippen molar-refractivity contribution in [3.05, 3.63) is 60.0 Å². The zero-order valence-electron chi connectivity index (χ0n) is 14.6. The van der Waals surface area contributed by atoms with Crippen molar-refractivity contribution in [2.75, 3.05) is 19.7 Å². The molecule has 1 fully saturated rings. The number of piperidine rings is 1. The summed E-state index contributed by atoms with van der Waals surface area (Å²) in [4.78, 5) is 23.5. The van der Waals surface area contributed by atoms with Gasteiger partial charge in [0.25, 0.3) is 5.91 Å². The Bertz CT molecular complexity index is 899. The number of carbonyl (C=O) groups excluding carboxylic acids is 1. The van der Waals surface area contributed by atoms with Crippen LogP contribution in [0.25, 0.3) is 11.2 Å². The van der Waals surface area contributed by atoms with Crippen LogP contribution in [-0.4, -0.2) is 50.1 Å². The smallest absolute Gasteiger partial charge is 0.255 e. The third-order valence-electron chi connectivity index (χ3n) is 5.06. The fourth-order valence-corrected chi connectivity index (χ4v) is 3.46. The molecular weight excluding hydrogens is 328 g/mol.